The molecule has 0 aromatic carbocycles. The summed E-state index contributed by atoms with van der Waals surface area (Å²) >= 11 is 0. The molecule has 4 nitrogen and oxygen atoms in total. The molecule has 1 aliphatic rings. The Labute approximate surface area is 91.6 Å². The Hall–Kier alpha value is -0.610. The van der Waals surface area contributed by atoms with Crippen molar-refractivity contribution < 1.29 is 9.90 Å². The van der Waals surface area contributed by atoms with Crippen molar-refractivity contribution in [2.45, 2.75) is 38.1 Å². The van der Waals surface area contributed by atoms with Crippen molar-refractivity contribution in [3.63, 3.8) is 0 Å². The van der Waals surface area contributed by atoms with E-state index in [1.807, 2.05) is 0 Å². The molecule has 0 radical (unpaired) electrons. The van der Waals surface area contributed by atoms with Gasteiger partial charge < -0.3 is 15.3 Å². The van der Waals surface area contributed by atoms with Crippen LogP contribution in [0.3, 0.4) is 0 Å². The quantitative estimate of drug-likeness (QED) is 0.646. The summed E-state index contributed by atoms with van der Waals surface area (Å²) in [4.78, 5) is 12.6. The van der Waals surface area contributed by atoms with Gasteiger partial charge in [-0.1, -0.05) is 0 Å². The van der Waals surface area contributed by atoms with Gasteiger partial charge in [0, 0.05) is 12.5 Å². The average molecular weight is 214 g/mol. The molecule has 0 bridgehead atoms. The normalized spacial score (nSPS) is 19.3. The summed E-state index contributed by atoms with van der Waals surface area (Å²) in [5.41, 5.74) is 0. The zero-order valence-corrected chi connectivity index (χ0v) is 9.54. The Kier molecular flexibility index (Phi) is 5.65. The van der Waals surface area contributed by atoms with E-state index in [1.54, 1.807) is 0 Å². The van der Waals surface area contributed by atoms with Crippen LogP contribution in [0.1, 0.15) is 32.1 Å². The first-order valence-electron chi connectivity index (χ1n) is 5.82. The number of nitrogens with one attached hydrogen (secondary N) is 1. The minimum Gasteiger partial charge on any atom is -0.481 e. The molecule has 1 fully saturated rings. The highest BCUT2D eigenvalue weighted by atomic mass is 16.4. The maximum absolute atomic E-state index is 10.3. The van der Waals surface area contributed by atoms with E-state index < -0.39 is 5.97 Å². The second-order valence-electron chi connectivity index (χ2n) is 4.38. The van der Waals surface area contributed by atoms with Crippen LogP contribution in [0, 0.1) is 0 Å². The van der Waals surface area contributed by atoms with Gasteiger partial charge >= 0.3 is 5.97 Å². The van der Waals surface area contributed by atoms with E-state index >= 15 is 0 Å². The molecule has 2 N–H and O–H groups in total. The number of hydrogen-bond acceptors (Lipinski definition) is 3. The lowest BCUT2D eigenvalue weighted by Gasteiger charge is -2.29. The highest BCUT2D eigenvalue weighted by molar-refractivity contribution is 5.66. The number of hydrogen-bond donors (Lipinski definition) is 2. The smallest absolute Gasteiger partial charge is 0.303 e. The molecule has 1 heterocycles. The number of likely N-dealkylation sites (tertiary alicyclic amines) is 1. The van der Waals surface area contributed by atoms with Crippen molar-refractivity contribution >= 4 is 5.97 Å². The number of aliphatic carboxylic acids is 1. The van der Waals surface area contributed by atoms with Gasteiger partial charge in [0.1, 0.15) is 0 Å². The van der Waals surface area contributed by atoms with Gasteiger partial charge in [-0.2, -0.15) is 0 Å². The van der Waals surface area contributed by atoms with Gasteiger partial charge in [-0.3, -0.25) is 4.79 Å². The molecule has 4 heteroatoms. The molecule has 1 saturated heterocycles. The first kappa shape index (κ1) is 12.5. The molecule has 0 spiro atoms. The van der Waals surface area contributed by atoms with Crippen LogP contribution in [-0.4, -0.2) is 48.7 Å². The second-order valence-corrected chi connectivity index (χ2v) is 4.38. The Morgan fingerprint density at radius 1 is 1.40 bits per heavy atom. The van der Waals surface area contributed by atoms with Gasteiger partial charge in [-0.25, -0.2) is 0 Å². The minimum atomic E-state index is -0.686. The molecule has 1 aliphatic heterocycles. The Morgan fingerprint density at radius 2 is 2.07 bits per heavy atom. The summed E-state index contributed by atoms with van der Waals surface area (Å²) in [6.07, 6.45) is 4.49. The van der Waals surface area contributed by atoms with E-state index in [1.165, 1.54) is 25.9 Å². The number of carboxylic acids is 1. The van der Waals surface area contributed by atoms with E-state index in [0.717, 1.165) is 19.4 Å². The summed E-state index contributed by atoms with van der Waals surface area (Å²) < 4.78 is 0. The molecular weight excluding hydrogens is 192 g/mol. The molecule has 0 amide bonds. The van der Waals surface area contributed by atoms with Crippen LogP contribution in [0.2, 0.25) is 0 Å². The van der Waals surface area contributed by atoms with Crippen LogP contribution in [0.5, 0.6) is 0 Å². The topological polar surface area (TPSA) is 52.6 Å². The predicted molar refractivity (Wildman–Crippen MR) is 60.0 cm³/mol. The third-order valence-corrected chi connectivity index (χ3v) is 2.97. The first-order valence-corrected chi connectivity index (χ1v) is 5.82. The van der Waals surface area contributed by atoms with Crippen molar-refractivity contribution in [3.8, 4) is 0 Å². The number of piperidine rings is 1. The number of nitrogens with zero attached hydrogens (tertiary/aromatic N) is 1. The van der Waals surface area contributed by atoms with E-state index in [4.69, 9.17) is 5.11 Å². The summed E-state index contributed by atoms with van der Waals surface area (Å²) in [7, 11) is 2.16. The van der Waals surface area contributed by atoms with E-state index in [-0.39, 0.29) is 0 Å². The fourth-order valence-corrected chi connectivity index (χ4v) is 1.92. The van der Waals surface area contributed by atoms with Gasteiger partial charge in [-0.15, -0.1) is 0 Å². The third-order valence-electron chi connectivity index (χ3n) is 2.97. The van der Waals surface area contributed by atoms with Crippen molar-refractivity contribution in [1.29, 1.82) is 0 Å². The van der Waals surface area contributed by atoms with E-state index in [2.05, 4.69) is 17.3 Å². The Bertz CT molecular complexity index is 189. The second kappa shape index (κ2) is 6.80. The summed E-state index contributed by atoms with van der Waals surface area (Å²) in [6.45, 7) is 3.31. The standard InChI is InChI=1S/C11H22N2O2/c1-13-8-5-10(6-9-13)12-7-3-2-4-11(14)15/h10,12H,2-9H2,1H3,(H,14,15). The average Bonchev–Trinajstić information content (AvgIpc) is 2.20. The lowest BCUT2D eigenvalue weighted by molar-refractivity contribution is -0.137. The van der Waals surface area contributed by atoms with Crippen LogP contribution in [0.15, 0.2) is 0 Å². The predicted octanol–water partition coefficient (Wildman–Crippen LogP) is 0.925. The number of carboxylic acid groups (broad SMARTS) is 1. The van der Waals surface area contributed by atoms with Crippen molar-refractivity contribution in [2.75, 3.05) is 26.7 Å². The van der Waals surface area contributed by atoms with Crippen LogP contribution in [-0.2, 0) is 4.79 Å². The minimum absolute atomic E-state index is 0.301. The molecule has 0 atom stereocenters. The zero-order chi connectivity index (χ0) is 11.1. The maximum Gasteiger partial charge on any atom is 0.303 e. The number of unbranched alkanes of at least 4 members (excludes halogenated alkanes) is 1. The SMILES string of the molecule is CN1CCC(NCCCCC(=O)O)CC1. The fraction of sp³-hybridized carbons (Fsp3) is 0.909. The highest BCUT2D eigenvalue weighted by Crippen LogP contribution is 2.08. The summed E-state index contributed by atoms with van der Waals surface area (Å²) in [5.74, 6) is -0.686. The van der Waals surface area contributed by atoms with Crippen LogP contribution in [0.4, 0.5) is 0 Å². The van der Waals surface area contributed by atoms with Gasteiger partial charge in [0.25, 0.3) is 0 Å². The number of carbonyl (C=O) groups is 1. The number of rotatable bonds is 6. The summed E-state index contributed by atoms with van der Waals surface area (Å²) in [5, 5.41) is 12.0. The van der Waals surface area contributed by atoms with Crippen molar-refractivity contribution in [3.05, 3.63) is 0 Å². The molecule has 15 heavy (non-hydrogen) atoms. The van der Waals surface area contributed by atoms with Crippen LogP contribution in [0.25, 0.3) is 0 Å². The molecule has 0 aromatic rings. The lowest BCUT2D eigenvalue weighted by atomic mass is 10.1. The molecule has 0 aliphatic carbocycles. The highest BCUT2D eigenvalue weighted by Gasteiger charge is 2.15. The fourth-order valence-electron chi connectivity index (χ4n) is 1.92. The monoisotopic (exact) mass is 214 g/mol. The van der Waals surface area contributed by atoms with E-state index in [0.29, 0.717) is 12.5 Å². The molecule has 0 unspecified atom stereocenters. The molecule has 0 aromatic heterocycles. The van der Waals surface area contributed by atoms with E-state index in [9.17, 15) is 4.79 Å². The van der Waals surface area contributed by atoms with Crippen LogP contribution < -0.4 is 5.32 Å². The summed E-state index contributed by atoms with van der Waals surface area (Å²) in [6, 6.07) is 0.644. The first-order chi connectivity index (χ1) is 7.18. The van der Waals surface area contributed by atoms with Gasteiger partial charge in [0.2, 0.25) is 0 Å². The zero-order valence-electron chi connectivity index (χ0n) is 9.54. The molecule has 88 valence electrons. The Morgan fingerprint density at radius 3 is 2.67 bits per heavy atom. The van der Waals surface area contributed by atoms with Crippen molar-refractivity contribution in [1.82, 2.24) is 10.2 Å². The van der Waals surface area contributed by atoms with Gasteiger partial charge in [0.15, 0.2) is 0 Å². The molecule has 0 saturated carbocycles. The maximum atomic E-state index is 10.3. The third kappa shape index (κ3) is 5.74. The molecular formula is C11H22N2O2. The Balaban J connectivity index is 1.94. The lowest BCUT2D eigenvalue weighted by Crippen LogP contribution is -2.41. The van der Waals surface area contributed by atoms with Crippen molar-refractivity contribution in [2.24, 2.45) is 0 Å². The van der Waals surface area contributed by atoms with Crippen LogP contribution >= 0.6 is 0 Å². The largest absolute Gasteiger partial charge is 0.481 e. The van der Waals surface area contributed by atoms with Gasteiger partial charge in [0.05, 0.1) is 0 Å². The molecule has 1 rings (SSSR count). The van der Waals surface area contributed by atoms with Gasteiger partial charge in [-0.05, 0) is 52.4 Å².